The Hall–Kier alpha value is -1.33. The third-order valence-electron chi connectivity index (χ3n) is 2.44. The highest BCUT2D eigenvalue weighted by Gasteiger charge is 2.23. The summed E-state index contributed by atoms with van der Waals surface area (Å²) in [6.07, 6.45) is 0.720. The zero-order valence-corrected chi connectivity index (χ0v) is 10.5. The zero-order valence-electron chi connectivity index (χ0n) is 8.83. The van der Waals surface area contributed by atoms with Crippen molar-refractivity contribution in [3.05, 3.63) is 40.3 Å². The lowest BCUT2D eigenvalue weighted by atomic mass is 10.3. The number of thiazole rings is 1. The Morgan fingerprint density at radius 1 is 1.41 bits per heavy atom. The number of thioether (sulfide) groups is 1. The summed E-state index contributed by atoms with van der Waals surface area (Å²) in [5.74, 6) is 1.74. The average Bonchev–Trinajstić information content (AvgIpc) is 2.87. The summed E-state index contributed by atoms with van der Waals surface area (Å²) in [5, 5.41) is 2.63. The molecule has 86 valence electrons. The Morgan fingerprint density at radius 2 is 2.29 bits per heavy atom. The van der Waals surface area contributed by atoms with E-state index >= 15 is 0 Å². The van der Waals surface area contributed by atoms with E-state index in [1.807, 2.05) is 18.2 Å². The van der Waals surface area contributed by atoms with Crippen LogP contribution in [0.25, 0.3) is 0 Å². The largest absolute Gasteiger partial charge is 0.481 e. The molecule has 1 atom stereocenters. The zero-order chi connectivity index (χ0) is 11.7. The number of fused-ring (bicyclic) bond motifs is 1. The number of carbonyl (C=O) groups excluding carboxylic acids is 1. The van der Waals surface area contributed by atoms with Crippen LogP contribution in [0, 0.1) is 0 Å². The molecule has 1 aromatic carbocycles. The molecule has 3 nitrogen and oxygen atoms in total. The summed E-state index contributed by atoms with van der Waals surface area (Å²) >= 11 is 3.24. The number of hydrogen-bond donors (Lipinski definition) is 0. The van der Waals surface area contributed by atoms with Crippen molar-refractivity contribution in [3.8, 4) is 5.75 Å². The first-order valence-corrected chi connectivity index (χ1v) is 7.02. The minimum atomic E-state index is -0.0476. The summed E-state index contributed by atoms with van der Waals surface area (Å²) in [4.78, 5) is 16.0. The lowest BCUT2D eigenvalue weighted by molar-refractivity contribution is 0.111. The van der Waals surface area contributed by atoms with Crippen molar-refractivity contribution in [2.45, 2.75) is 11.0 Å². The van der Waals surface area contributed by atoms with Crippen LogP contribution in [0.5, 0.6) is 5.75 Å². The number of para-hydroxylation sites is 1. The first-order valence-electron chi connectivity index (χ1n) is 5.16. The van der Waals surface area contributed by atoms with Gasteiger partial charge in [0.2, 0.25) is 0 Å². The van der Waals surface area contributed by atoms with E-state index in [4.69, 9.17) is 4.74 Å². The maximum atomic E-state index is 10.6. The van der Waals surface area contributed by atoms with E-state index in [0.29, 0.717) is 5.69 Å². The molecule has 1 aliphatic heterocycles. The Labute approximate surface area is 107 Å². The maximum absolute atomic E-state index is 10.6. The Morgan fingerprint density at radius 3 is 3.12 bits per heavy atom. The van der Waals surface area contributed by atoms with Crippen molar-refractivity contribution < 1.29 is 9.53 Å². The van der Waals surface area contributed by atoms with Crippen molar-refractivity contribution >= 4 is 29.4 Å². The van der Waals surface area contributed by atoms with Crippen molar-refractivity contribution in [1.29, 1.82) is 0 Å². The molecule has 3 rings (SSSR count). The van der Waals surface area contributed by atoms with Crippen molar-refractivity contribution in [2.75, 3.05) is 5.75 Å². The topological polar surface area (TPSA) is 39.2 Å². The van der Waals surface area contributed by atoms with Gasteiger partial charge in [-0.2, -0.15) is 0 Å². The first kappa shape index (κ1) is 10.8. The van der Waals surface area contributed by atoms with Crippen LogP contribution >= 0.6 is 23.1 Å². The highest BCUT2D eigenvalue weighted by atomic mass is 32.2. The Balaban J connectivity index is 1.86. The molecule has 0 fully saturated rings. The van der Waals surface area contributed by atoms with Gasteiger partial charge < -0.3 is 4.74 Å². The van der Waals surface area contributed by atoms with Crippen LogP contribution in [-0.4, -0.2) is 17.0 Å². The molecule has 5 heteroatoms. The molecule has 1 aromatic heterocycles. The summed E-state index contributed by atoms with van der Waals surface area (Å²) in [7, 11) is 0. The van der Waals surface area contributed by atoms with Gasteiger partial charge in [-0.1, -0.05) is 12.1 Å². The molecule has 0 saturated heterocycles. The third kappa shape index (κ3) is 2.08. The van der Waals surface area contributed by atoms with Gasteiger partial charge in [-0.05, 0) is 12.1 Å². The predicted molar refractivity (Wildman–Crippen MR) is 68.0 cm³/mol. The maximum Gasteiger partial charge on any atom is 0.169 e. The number of aromatic nitrogens is 1. The molecule has 0 aliphatic carbocycles. The minimum Gasteiger partial charge on any atom is -0.481 e. The van der Waals surface area contributed by atoms with Gasteiger partial charge in [0.15, 0.2) is 12.4 Å². The normalized spacial score (nSPS) is 18.2. The lowest BCUT2D eigenvalue weighted by Crippen LogP contribution is -2.14. The quantitative estimate of drug-likeness (QED) is 0.780. The molecule has 17 heavy (non-hydrogen) atoms. The molecule has 0 spiro atoms. The number of hydrogen-bond acceptors (Lipinski definition) is 5. The van der Waals surface area contributed by atoms with Crippen LogP contribution in [0.3, 0.4) is 0 Å². The summed E-state index contributed by atoms with van der Waals surface area (Å²) in [6, 6.07) is 7.97. The van der Waals surface area contributed by atoms with Crippen molar-refractivity contribution in [2.24, 2.45) is 0 Å². The Bertz CT molecular complexity index is 553. The van der Waals surface area contributed by atoms with E-state index in [-0.39, 0.29) is 6.10 Å². The van der Waals surface area contributed by atoms with E-state index in [1.54, 1.807) is 17.1 Å². The molecular formula is C12H9NO2S2. The van der Waals surface area contributed by atoms with E-state index in [9.17, 15) is 4.79 Å². The van der Waals surface area contributed by atoms with Crippen LogP contribution in [0.4, 0.5) is 0 Å². The van der Waals surface area contributed by atoms with Crippen LogP contribution in [-0.2, 0) is 0 Å². The van der Waals surface area contributed by atoms with Crippen molar-refractivity contribution in [3.63, 3.8) is 0 Å². The monoisotopic (exact) mass is 263 g/mol. The number of nitrogens with zero attached hydrogens (tertiary/aromatic N) is 1. The molecule has 0 bridgehead atoms. The van der Waals surface area contributed by atoms with Crippen LogP contribution < -0.4 is 4.74 Å². The molecular weight excluding hydrogens is 254 g/mol. The molecule has 0 radical (unpaired) electrons. The third-order valence-corrected chi connectivity index (χ3v) is 4.52. The fourth-order valence-electron chi connectivity index (χ4n) is 1.64. The van der Waals surface area contributed by atoms with E-state index in [0.717, 1.165) is 27.7 Å². The first-order chi connectivity index (χ1) is 8.36. The lowest BCUT2D eigenvalue weighted by Gasteiger charge is -2.23. The minimum absolute atomic E-state index is 0.0476. The molecule has 0 saturated carbocycles. The average molecular weight is 263 g/mol. The molecule has 1 unspecified atom stereocenters. The van der Waals surface area contributed by atoms with E-state index < -0.39 is 0 Å². The van der Waals surface area contributed by atoms with Gasteiger partial charge in [0, 0.05) is 16.0 Å². The van der Waals surface area contributed by atoms with Gasteiger partial charge in [-0.25, -0.2) is 4.98 Å². The SMILES string of the molecule is O=Cc1csc(C2CSc3ccccc3O2)n1. The molecule has 1 aliphatic rings. The summed E-state index contributed by atoms with van der Waals surface area (Å²) in [5.41, 5.74) is 0.484. The summed E-state index contributed by atoms with van der Waals surface area (Å²) in [6.45, 7) is 0. The number of rotatable bonds is 2. The van der Waals surface area contributed by atoms with Gasteiger partial charge in [-0.3, -0.25) is 4.79 Å². The molecule has 0 amide bonds. The van der Waals surface area contributed by atoms with Crippen molar-refractivity contribution in [1.82, 2.24) is 4.98 Å². The predicted octanol–water partition coefficient (Wildman–Crippen LogP) is 3.18. The highest BCUT2D eigenvalue weighted by Crippen LogP contribution is 2.40. The summed E-state index contributed by atoms with van der Waals surface area (Å²) < 4.78 is 5.89. The second kappa shape index (κ2) is 4.50. The van der Waals surface area contributed by atoms with Gasteiger partial charge in [0.05, 0.1) is 0 Å². The number of carbonyl (C=O) groups is 1. The number of aldehydes is 1. The van der Waals surface area contributed by atoms with Crippen LogP contribution in [0.2, 0.25) is 0 Å². The van der Waals surface area contributed by atoms with Gasteiger partial charge >= 0.3 is 0 Å². The smallest absolute Gasteiger partial charge is 0.169 e. The van der Waals surface area contributed by atoms with E-state index in [1.165, 1.54) is 11.3 Å². The number of ether oxygens (including phenoxy) is 1. The Kier molecular flexibility index (Phi) is 2.86. The second-order valence-corrected chi connectivity index (χ2v) is 5.54. The number of benzene rings is 1. The second-order valence-electron chi connectivity index (χ2n) is 3.59. The van der Waals surface area contributed by atoms with Crippen LogP contribution in [0.1, 0.15) is 21.6 Å². The van der Waals surface area contributed by atoms with E-state index in [2.05, 4.69) is 11.1 Å². The van der Waals surface area contributed by atoms with Gasteiger partial charge in [0.1, 0.15) is 16.5 Å². The van der Waals surface area contributed by atoms with Crippen LogP contribution in [0.15, 0.2) is 34.5 Å². The van der Waals surface area contributed by atoms with Gasteiger partial charge in [0.25, 0.3) is 0 Å². The molecule has 0 N–H and O–H groups in total. The fraction of sp³-hybridized carbons (Fsp3) is 0.167. The molecule has 2 heterocycles. The standard InChI is InChI=1S/C12H9NO2S2/c14-5-8-6-17-12(13-8)10-7-16-11-4-2-1-3-9(11)15-10/h1-6,10H,7H2. The molecule has 2 aromatic rings. The highest BCUT2D eigenvalue weighted by molar-refractivity contribution is 7.99. The fourth-order valence-corrected chi connectivity index (χ4v) is 3.53. The van der Waals surface area contributed by atoms with Gasteiger partial charge in [-0.15, -0.1) is 23.1 Å².